The molecule has 1 N–H and O–H groups in total. The maximum Gasteiger partial charge on any atom is 0.348 e. The number of amides is 2. The van der Waals surface area contributed by atoms with Gasteiger partial charge in [0, 0.05) is 39.5 Å². The Kier molecular flexibility index (Phi) is 5.21. The lowest BCUT2D eigenvalue weighted by atomic mass is 9.92. The Labute approximate surface area is 167 Å². The number of carbonyl (C=O) groups is 2. The molecule has 2 aromatic rings. The van der Waals surface area contributed by atoms with E-state index in [1.54, 1.807) is 30.1 Å². The van der Waals surface area contributed by atoms with Gasteiger partial charge in [-0.3, -0.25) is 9.59 Å². The Hall–Kier alpha value is -2.97. The van der Waals surface area contributed by atoms with Gasteiger partial charge in [-0.25, -0.2) is 18.9 Å². The van der Waals surface area contributed by atoms with Crippen LogP contribution in [0.1, 0.15) is 25.1 Å². The minimum Gasteiger partial charge on any atom is -0.345 e. The third-order valence-electron chi connectivity index (χ3n) is 5.92. The number of piperidine rings is 1. The van der Waals surface area contributed by atoms with Crippen molar-refractivity contribution in [2.24, 2.45) is 11.8 Å². The molecule has 29 heavy (non-hydrogen) atoms. The first-order chi connectivity index (χ1) is 13.9. The van der Waals surface area contributed by atoms with Gasteiger partial charge in [0.2, 0.25) is 11.8 Å². The molecule has 0 bridgehead atoms. The summed E-state index contributed by atoms with van der Waals surface area (Å²) in [6.45, 7) is 1.72. The third-order valence-corrected chi connectivity index (χ3v) is 5.92. The minimum atomic E-state index is -0.478. The molecule has 3 heterocycles. The largest absolute Gasteiger partial charge is 0.348 e. The van der Waals surface area contributed by atoms with E-state index in [1.165, 1.54) is 10.6 Å². The van der Waals surface area contributed by atoms with Gasteiger partial charge in [0.15, 0.2) is 0 Å². The summed E-state index contributed by atoms with van der Waals surface area (Å²) in [6.07, 6.45) is 2.37. The topological polar surface area (TPSA) is 91.3 Å². The number of carbonyl (C=O) groups excluding carboxylic acids is 2. The molecule has 1 aromatic carbocycles. The maximum atomic E-state index is 14.2. The number of benzene rings is 1. The smallest absolute Gasteiger partial charge is 0.345 e. The number of para-hydroxylation sites is 1. The molecule has 8 nitrogen and oxygen atoms in total. The summed E-state index contributed by atoms with van der Waals surface area (Å²) in [4.78, 5) is 40.0. The monoisotopic (exact) mass is 401 g/mol. The molecular weight excluding hydrogens is 377 g/mol. The molecule has 0 saturated carbocycles. The zero-order valence-electron chi connectivity index (χ0n) is 16.3. The van der Waals surface area contributed by atoms with Crippen LogP contribution in [0.15, 0.2) is 29.1 Å². The number of likely N-dealkylation sites (tertiary alicyclic amines) is 2. The average molecular weight is 401 g/mol. The highest BCUT2D eigenvalue weighted by molar-refractivity contribution is 5.89. The first-order valence-corrected chi connectivity index (χ1v) is 9.88. The Balaban J connectivity index is 1.40. The molecule has 0 spiro atoms. The van der Waals surface area contributed by atoms with Crippen LogP contribution in [-0.4, -0.2) is 63.1 Å². The Morgan fingerprint density at radius 1 is 1.24 bits per heavy atom. The summed E-state index contributed by atoms with van der Waals surface area (Å²) in [5.41, 5.74) is -0.281. The van der Waals surface area contributed by atoms with Gasteiger partial charge in [0.05, 0.1) is 11.6 Å². The Morgan fingerprint density at radius 2 is 1.97 bits per heavy atom. The number of aromatic amines is 1. The van der Waals surface area contributed by atoms with Crippen molar-refractivity contribution in [3.63, 3.8) is 0 Å². The highest BCUT2D eigenvalue weighted by Crippen LogP contribution is 2.25. The maximum absolute atomic E-state index is 14.2. The predicted octanol–water partition coefficient (Wildman–Crippen LogP) is 0.959. The van der Waals surface area contributed by atoms with E-state index in [2.05, 4.69) is 10.2 Å². The Morgan fingerprint density at radius 3 is 2.62 bits per heavy atom. The van der Waals surface area contributed by atoms with Crippen molar-refractivity contribution >= 4 is 11.8 Å². The van der Waals surface area contributed by atoms with Gasteiger partial charge in [-0.1, -0.05) is 12.1 Å². The number of rotatable bonds is 4. The summed E-state index contributed by atoms with van der Waals surface area (Å²) in [5.74, 6) is 0.0722. The van der Waals surface area contributed by atoms with Gasteiger partial charge in [0.1, 0.15) is 11.6 Å². The zero-order chi connectivity index (χ0) is 20.5. The van der Waals surface area contributed by atoms with Crippen LogP contribution in [0.3, 0.4) is 0 Å². The van der Waals surface area contributed by atoms with Gasteiger partial charge >= 0.3 is 5.69 Å². The first kappa shape index (κ1) is 19.4. The van der Waals surface area contributed by atoms with Gasteiger partial charge in [0.25, 0.3) is 0 Å². The van der Waals surface area contributed by atoms with Gasteiger partial charge in [-0.15, -0.1) is 0 Å². The molecule has 0 radical (unpaired) electrons. The number of hydrogen-bond donors (Lipinski definition) is 1. The molecule has 0 aliphatic carbocycles. The molecule has 2 amide bonds. The second kappa shape index (κ2) is 7.81. The predicted molar refractivity (Wildman–Crippen MR) is 103 cm³/mol. The van der Waals surface area contributed by atoms with Crippen molar-refractivity contribution in [1.29, 1.82) is 0 Å². The molecule has 2 fully saturated rings. The fourth-order valence-electron chi connectivity index (χ4n) is 4.25. The summed E-state index contributed by atoms with van der Waals surface area (Å²) in [6, 6.07) is 6.12. The van der Waals surface area contributed by atoms with Crippen molar-refractivity contribution in [3.05, 3.63) is 46.4 Å². The molecule has 1 atom stereocenters. The number of H-pyrrole nitrogens is 1. The molecule has 2 aliphatic heterocycles. The highest BCUT2D eigenvalue weighted by atomic mass is 19.1. The quantitative estimate of drug-likeness (QED) is 0.826. The highest BCUT2D eigenvalue weighted by Gasteiger charge is 2.36. The molecule has 1 aromatic heterocycles. The normalized spacial score (nSPS) is 20.5. The summed E-state index contributed by atoms with van der Waals surface area (Å²) < 4.78 is 15.4. The molecule has 9 heteroatoms. The lowest BCUT2D eigenvalue weighted by Gasteiger charge is -2.33. The zero-order valence-corrected chi connectivity index (χ0v) is 16.3. The van der Waals surface area contributed by atoms with E-state index in [0.29, 0.717) is 31.9 Å². The number of aromatic nitrogens is 3. The third kappa shape index (κ3) is 3.81. The fourth-order valence-corrected chi connectivity index (χ4v) is 4.25. The second-order valence-corrected chi connectivity index (χ2v) is 7.88. The molecule has 2 aliphatic rings. The fraction of sp³-hybridized carbons (Fsp3) is 0.500. The van der Waals surface area contributed by atoms with Crippen LogP contribution in [0.4, 0.5) is 4.39 Å². The van der Waals surface area contributed by atoms with Crippen LogP contribution in [0.5, 0.6) is 0 Å². The summed E-state index contributed by atoms with van der Waals surface area (Å²) in [7, 11) is 1.72. The van der Waals surface area contributed by atoms with E-state index in [0.717, 1.165) is 12.8 Å². The first-order valence-electron chi connectivity index (χ1n) is 9.88. The molecule has 1 unspecified atom stereocenters. The lowest BCUT2D eigenvalue weighted by molar-refractivity contribution is -0.137. The van der Waals surface area contributed by atoms with Gasteiger partial charge in [-0.05, 0) is 30.9 Å². The van der Waals surface area contributed by atoms with E-state index < -0.39 is 11.5 Å². The van der Waals surface area contributed by atoms with E-state index in [4.69, 9.17) is 0 Å². The lowest BCUT2D eigenvalue weighted by Crippen LogP contribution is -2.42. The number of halogens is 1. The van der Waals surface area contributed by atoms with E-state index in [9.17, 15) is 18.8 Å². The van der Waals surface area contributed by atoms with E-state index in [-0.39, 0.29) is 35.8 Å². The van der Waals surface area contributed by atoms with Crippen LogP contribution in [0.25, 0.3) is 5.69 Å². The molecule has 4 rings (SSSR count). The number of hydrogen-bond acceptors (Lipinski definition) is 4. The van der Waals surface area contributed by atoms with Crippen molar-refractivity contribution in [2.45, 2.75) is 25.7 Å². The summed E-state index contributed by atoms with van der Waals surface area (Å²) >= 11 is 0. The van der Waals surface area contributed by atoms with Crippen LogP contribution >= 0.6 is 0 Å². The minimum absolute atomic E-state index is 0.0166. The number of nitrogens with zero attached hydrogens (tertiary/aromatic N) is 4. The standard InChI is InChI=1S/C20H24FN5O3/c1-24-12-14(11-18(24)27)19(28)25-8-6-13(7-9-25)10-17-22-23-20(29)26(17)16-5-3-2-4-15(16)21/h2-5,13-14H,6-12H2,1H3,(H,23,29). The van der Waals surface area contributed by atoms with Crippen molar-refractivity contribution in [1.82, 2.24) is 24.6 Å². The average Bonchev–Trinajstić information content (AvgIpc) is 3.24. The van der Waals surface area contributed by atoms with Crippen LogP contribution in [0.2, 0.25) is 0 Å². The second-order valence-electron chi connectivity index (χ2n) is 7.88. The van der Waals surface area contributed by atoms with Crippen molar-refractivity contribution in [2.75, 3.05) is 26.7 Å². The molecule has 2 saturated heterocycles. The molecule has 154 valence electrons. The van der Waals surface area contributed by atoms with Crippen LogP contribution in [-0.2, 0) is 16.0 Å². The van der Waals surface area contributed by atoms with Crippen LogP contribution in [0, 0.1) is 17.7 Å². The van der Waals surface area contributed by atoms with E-state index in [1.807, 2.05) is 4.90 Å². The molecular formula is C20H24FN5O3. The van der Waals surface area contributed by atoms with E-state index >= 15 is 0 Å². The van der Waals surface area contributed by atoms with Gasteiger partial charge < -0.3 is 9.80 Å². The van der Waals surface area contributed by atoms with Gasteiger partial charge in [-0.2, -0.15) is 5.10 Å². The number of nitrogens with one attached hydrogen (secondary N) is 1. The van der Waals surface area contributed by atoms with Crippen molar-refractivity contribution in [3.8, 4) is 5.69 Å². The summed E-state index contributed by atoms with van der Waals surface area (Å²) in [5, 5.41) is 6.51. The van der Waals surface area contributed by atoms with Crippen LogP contribution < -0.4 is 5.69 Å². The SMILES string of the molecule is CN1CC(C(=O)N2CCC(Cc3n[nH]c(=O)n3-c3ccccc3F)CC2)CC1=O. The Bertz CT molecular complexity index is 976. The van der Waals surface area contributed by atoms with Crippen molar-refractivity contribution < 1.29 is 14.0 Å².